The van der Waals surface area contributed by atoms with Gasteiger partial charge in [0, 0.05) is 12.1 Å². The van der Waals surface area contributed by atoms with Gasteiger partial charge in [-0.2, -0.15) is 0 Å². The Bertz CT molecular complexity index is 438. The standard InChI is InChI=1S/C16H22FNO/c1-12-11-14(8-9-15(12)17)16(19)18-10-4-7-13-5-2-3-6-13/h8-9,11,13H,2-7,10H2,1H3,(H,18,19). The van der Waals surface area contributed by atoms with Crippen LogP contribution in [-0.2, 0) is 0 Å². The molecule has 1 fully saturated rings. The number of halogens is 1. The molecular weight excluding hydrogens is 241 g/mol. The minimum absolute atomic E-state index is 0.102. The van der Waals surface area contributed by atoms with E-state index in [1.807, 2.05) is 0 Å². The van der Waals surface area contributed by atoms with E-state index in [-0.39, 0.29) is 11.7 Å². The predicted molar refractivity (Wildman–Crippen MR) is 74.7 cm³/mol. The van der Waals surface area contributed by atoms with Crippen LogP contribution < -0.4 is 5.32 Å². The van der Waals surface area contributed by atoms with E-state index < -0.39 is 0 Å². The van der Waals surface area contributed by atoms with Crippen LogP contribution in [0.15, 0.2) is 18.2 Å². The minimum Gasteiger partial charge on any atom is -0.352 e. The van der Waals surface area contributed by atoms with Gasteiger partial charge in [0.15, 0.2) is 0 Å². The third-order valence-electron chi connectivity index (χ3n) is 3.97. The third kappa shape index (κ3) is 4.05. The molecule has 0 aromatic heterocycles. The lowest BCUT2D eigenvalue weighted by atomic mass is 10.0. The Kier molecular flexibility index (Phi) is 4.94. The molecule has 1 aromatic rings. The van der Waals surface area contributed by atoms with Gasteiger partial charge >= 0.3 is 0 Å². The van der Waals surface area contributed by atoms with Gasteiger partial charge in [-0.05, 0) is 49.4 Å². The maximum Gasteiger partial charge on any atom is 0.251 e. The number of hydrogen-bond donors (Lipinski definition) is 1. The molecule has 19 heavy (non-hydrogen) atoms. The van der Waals surface area contributed by atoms with Crippen molar-refractivity contribution < 1.29 is 9.18 Å². The van der Waals surface area contributed by atoms with Crippen molar-refractivity contribution in [2.75, 3.05) is 6.54 Å². The molecule has 1 amide bonds. The lowest BCUT2D eigenvalue weighted by Crippen LogP contribution is -2.24. The van der Waals surface area contributed by atoms with Crippen molar-refractivity contribution in [3.8, 4) is 0 Å². The Hall–Kier alpha value is -1.38. The molecule has 1 N–H and O–H groups in total. The van der Waals surface area contributed by atoms with E-state index in [0.29, 0.717) is 17.7 Å². The van der Waals surface area contributed by atoms with E-state index in [1.54, 1.807) is 13.0 Å². The fourth-order valence-electron chi connectivity index (χ4n) is 2.78. The van der Waals surface area contributed by atoms with E-state index in [1.165, 1.54) is 44.2 Å². The molecule has 0 bridgehead atoms. The number of carbonyl (C=O) groups is 1. The van der Waals surface area contributed by atoms with Crippen LogP contribution in [0.3, 0.4) is 0 Å². The lowest BCUT2D eigenvalue weighted by Gasteiger charge is -2.09. The Morgan fingerprint density at radius 2 is 2.11 bits per heavy atom. The Balaban J connectivity index is 1.72. The fraction of sp³-hybridized carbons (Fsp3) is 0.562. The zero-order chi connectivity index (χ0) is 13.7. The molecule has 2 nitrogen and oxygen atoms in total. The summed E-state index contributed by atoms with van der Waals surface area (Å²) in [5, 5.41) is 2.91. The number of nitrogens with one attached hydrogen (secondary N) is 1. The maximum absolute atomic E-state index is 13.1. The second-order valence-corrected chi connectivity index (χ2v) is 5.51. The Labute approximate surface area is 114 Å². The molecule has 1 aromatic carbocycles. The highest BCUT2D eigenvalue weighted by Crippen LogP contribution is 2.28. The highest BCUT2D eigenvalue weighted by molar-refractivity contribution is 5.94. The normalized spacial score (nSPS) is 15.7. The van der Waals surface area contributed by atoms with Crippen molar-refractivity contribution in [2.45, 2.75) is 45.4 Å². The zero-order valence-corrected chi connectivity index (χ0v) is 11.5. The second kappa shape index (κ2) is 6.69. The summed E-state index contributed by atoms with van der Waals surface area (Å²) < 4.78 is 13.1. The molecule has 2 rings (SSSR count). The predicted octanol–water partition coefficient (Wildman–Crippen LogP) is 3.83. The summed E-state index contributed by atoms with van der Waals surface area (Å²) in [5.74, 6) is 0.497. The summed E-state index contributed by atoms with van der Waals surface area (Å²) in [6, 6.07) is 4.49. The van der Waals surface area contributed by atoms with E-state index in [4.69, 9.17) is 0 Å². The van der Waals surface area contributed by atoms with Gasteiger partial charge in [0.2, 0.25) is 0 Å². The first-order chi connectivity index (χ1) is 9.16. The van der Waals surface area contributed by atoms with Gasteiger partial charge in [0.05, 0.1) is 0 Å². The topological polar surface area (TPSA) is 29.1 Å². The van der Waals surface area contributed by atoms with E-state index in [0.717, 1.165) is 12.3 Å². The summed E-state index contributed by atoms with van der Waals surface area (Å²) in [5.41, 5.74) is 1.05. The van der Waals surface area contributed by atoms with E-state index >= 15 is 0 Å². The van der Waals surface area contributed by atoms with Crippen LogP contribution in [0.4, 0.5) is 4.39 Å². The highest BCUT2D eigenvalue weighted by Gasteiger charge is 2.14. The molecule has 1 aliphatic rings. The first kappa shape index (κ1) is 14.0. The van der Waals surface area contributed by atoms with Crippen molar-refractivity contribution >= 4 is 5.91 Å². The van der Waals surface area contributed by atoms with Crippen LogP contribution in [0, 0.1) is 18.7 Å². The van der Waals surface area contributed by atoms with Gasteiger partial charge < -0.3 is 5.32 Å². The number of aryl methyl sites for hydroxylation is 1. The van der Waals surface area contributed by atoms with Crippen molar-refractivity contribution in [1.82, 2.24) is 5.32 Å². The van der Waals surface area contributed by atoms with Crippen LogP contribution in [0.2, 0.25) is 0 Å². The summed E-state index contributed by atoms with van der Waals surface area (Å²) >= 11 is 0. The van der Waals surface area contributed by atoms with Crippen molar-refractivity contribution in [2.24, 2.45) is 5.92 Å². The molecule has 1 saturated carbocycles. The fourth-order valence-corrected chi connectivity index (χ4v) is 2.78. The van der Waals surface area contributed by atoms with Gasteiger partial charge in [0.25, 0.3) is 5.91 Å². The third-order valence-corrected chi connectivity index (χ3v) is 3.97. The molecule has 0 heterocycles. The molecule has 1 aliphatic carbocycles. The first-order valence-corrected chi connectivity index (χ1v) is 7.21. The van der Waals surface area contributed by atoms with Gasteiger partial charge in [-0.1, -0.05) is 25.7 Å². The second-order valence-electron chi connectivity index (χ2n) is 5.51. The summed E-state index contributed by atoms with van der Waals surface area (Å²) in [6.45, 7) is 2.39. The van der Waals surface area contributed by atoms with Gasteiger partial charge in [-0.15, -0.1) is 0 Å². The van der Waals surface area contributed by atoms with Crippen LogP contribution in [0.25, 0.3) is 0 Å². The quantitative estimate of drug-likeness (QED) is 0.804. The number of rotatable bonds is 5. The lowest BCUT2D eigenvalue weighted by molar-refractivity contribution is 0.0952. The van der Waals surface area contributed by atoms with Gasteiger partial charge in [0.1, 0.15) is 5.82 Å². The molecule has 0 radical (unpaired) electrons. The number of amides is 1. The molecule has 3 heteroatoms. The number of hydrogen-bond acceptors (Lipinski definition) is 1. The minimum atomic E-state index is -0.266. The van der Waals surface area contributed by atoms with Crippen LogP contribution in [0.5, 0.6) is 0 Å². The van der Waals surface area contributed by atoms with Gasteiger partial charge in [-0.3, -0.25) is 4.79 Å². The van der Waals surface area contributed by atoms with Crippen molar-refractivity contribution in [3.63, 3.8) is 0 Å². The average molecular weight is 263 g/mol. The Morgan fingerprint density at radius 1 is 1.37 bits per heavy atom. The first-order valence-electron chi connectivity index (χ1n) is 7.21. The van der Waals surface area contributed by atoms with Gasteiger partial charge in [-0.25, -0.2) is 4.39 Å². The zero-order valence-electron chi connectivity index (χ0n) is 11.5. The summed E-state index contributed by atoms with van der Waals surface area (Å²) in [7, 11) is 0. The van der Waals surface area contributed by atoms with Crippen molar-refractivity contribution in [1.29, 1.82) is 0 Å². The molecule has 104 valence electrons. The van der Waals surface area contributed by atoms with Crippen LogP contribution >= 0.6 is 0 Å². The number of benzene rings is 1. The SMILES string of the molecule is Cc1cc(C(=O)NCCCC2CCCC2)ccc1F. The maximum atomic E-state index is 13.1. The monoisotopic (exact) mass is 263 g/mol. The summed E-state index contributed by atoms with van der Waals surface area (Å²) in [4.78, 5) is 11.9. The molecule has 0 aliphatic heterocycles. The average Bonchev–Trinajstić information content (AvgIpc) is 2.91. The van der Waals surface area contributed by atoms with Crippen LogP contribution in [0.1, 0.15) is 54.4 Å². The van der Waals surface area contributed by atoms with Crippen LogP contribution in [-0.4, -0.2) is 12.5 Å². The molecule has 0 atom stereocenters. The molecule has 0 saturated heterocycles. The molecule has 0 unspecified atom stereocenters. The Morgan fingerprint density at radius 3 is 2.79 bits per heavy atom. The smallest absolute Gasteiger partial charge is 0.251 e. The molecular formula is C16H22FNO. The number of carbonyl (C=O) groups excluding carboxylic acids is 1. The highest BCUT2D eigenvalue weighted by atomic mass is 19.1. The largest absolute Gasteiger partial charge is 0.352 e. The van der Waals surface area contributed by atoms with E-state index in [2.05, 4.69) is 5.32 Å². The van der Waals surface area contributed by atoms with Crippen molar-refractivity contribution in [3.05, 3.63) is 35.1 Å². The molecule has 0 spiro atoms. The summed E-state index contributed by atoms with van der Waals surface area (Å²) in [6.07, 6.45) is 7.69. The van der Waals surface area contributed by atoms with E-state index in [9.17, 15) is 9.18 Å².